The van der Waals surface area contributed by atoms with E-state index in [2.05, 4.69) is 43.2 Å². The molecule has 0 saturated carbocycles. The van der Waals surface area contributed by atoms with Gasteiger partial charge in [-0.25, -0.2) is 0 Å². The molecule has 1 aliphatic heterocycles. The van der Waals surface area contributed by atoms with E-state index in [1.807, 2.05) is 0 Å². The van der Waals surface area contributed by atoms with E-state index in [0.29, 0.717) is 19.2 Å². The molecule has 3 N–H and O–H groups in total. The minimum Gasteiger partial charge on any atom is -0.396 e. The number of rotatable bonds is 10. The number of nitrogens with zero attached hydrogens (tertiary/aromatic N) is 2. The fourth-order valence-corrected chi connectivity index (χ4v) is 2.98. The molecule has 1 unspecified atom stereocenters. The first-order chi connectivity index (χ1) is 11.1. The monoisotopic (exact) mass is 456 g/mol. The Morgan fingerprint density at radius 3 is 2.58 bits per heavy atom. The molecule has 0 spiro atoms. The van der Waals surface area contributed by atoms with Crippen LogP contribution < -0.4 is 10.6 Å². The predicted molar refractivity (Wildman–Crippen MR) is 111 cm³/mol. The molecule has 7 heteroatoms. The van der Waals surface area contributed by atoms with Crippen LogP contribution in [0.4, 0.5) is 0 Å². The van der Waals surface area contributed by atoms with Gasteiger partial charge in [0.05, 0.1) is 13.2 Å². The van der Waals surface area contributed by atoms with Crippen molar-refractivity contribution in [3.05, 3.63) is 0 Å². The highest BCUT2D eigenvalue weighted by Gasteiger charge is 2.34. The van der Waals surface area contributed by atoms with Gasteiger partial charge in [-0.3, -0.25) is 9.89 Å². The Morgan fingerprint density at radius 2 is 2.08 bits per heavy atom. The van der Waals surface area contributed by atoms with Crippen LogP contribution in [0.3, 0.4) is 0 Å². The summed E-state index contributed by atoms with van der Waals surface area (Å²) in [6, 6.07) is 0.560. The normalized spacial score (nSPS) is 21.2. The molecular formula is C17H37IN4O2. The van der Waals surface area contributed by atoms with Crippen LogP contribution in [-0.2, 0) is 4.74 Å². The van der Waals surface area contributed by atoms with E-state index < -0.39 is 0 Å². The van der Waals surface area contributed by atoms with E-state index in [4.69, 9.17) is 9.73 Å². The summed E-state index contributed by atoms with van der Waals surface area (Å²) < 4.78 is 5.53. The lowest BCUT2D eigenvalue weighted by Gasteiger charge is -2.26. The van der Waals surface area contributed by atoms with Crippen LogP contribution in [0.5, 0.6) is 0 Å². The summed E-state index contributed by atoms with van der Waals surface area (Å²) in [4.78, 5) is 7.16. The number of hydrogen-bond acceptors (Lipinski definition) is 4. The summed E-state index contributed by atoms with van der Waals surface area (Å²) in [6.07, 6.45) is 1.74. The number of guanidine groups is 1. The fraction of sp³-hybridized carbons (Fsp3) is 0.941. The summed E-state index contributed by atoms with van der Waals surface area (Å²) in [5.74, 6) is 0.858. The highest BCUT2D eigenvalue weighted by atomic mass is 127. The number of likely N-dealkylation sites (N-methyl/N-ethyl adjacent to an activating group) is 1. The predicted octanol–water partition coefficient (Wildman–Crippen LogP) is 1.68. The van der Waals surface area contributed by atoms with Gasteiger partial charge in [0.15, 0.2) is 5.96 Å². The standard InChI is InChI=1S/C17H36N4O2.HI/c1-5-18-16(19-9-10-21(6-2)15(3)4)20-13-17(7-11-22)8-12-23-14-17;/h15,22H,5-14H2,1-4H3,(H2,18,19,20);1H. The van der Waals surface area contributed by atoms with Crippen LogP contribution in [0.25, 0.3) is 0 Å². The number of halogens is 1. The zero-order chi connectivity index (χ0) is 17.1. The summed E-state index contributed by atoms with van der Waals surface area (Å²) in [7, 11) is 0. The van der Waals surface area contributed by atoms with Gasteiger partial charge in [0.25, 0.3) is 0 Å². The lowest BCUT2D eigenvalue weighted by Crippen LogP contribution is -2.43. The van der Waals surface area contributed by atoms with Crippen molar-refractivity contribution in [3.63, 3.8) is 0 Å². The zero-order valence-electron chi connectivity index (χ0n) is 15.8. The molecular weight excluding hydrogens is 419 g/mol. The van der Waals surface area contributed by atoms with Crippen LogP contribution >= 0.6 is 24.0 Å². The van der Waals surface area contributed by atoms with Crippen molar-refractivity contribution in [2.45, 2.75) is 46.6 Å². The summed E-state index contributed by atoms with van der Waals surface area (Å²) in [6.45, 7) is 14.9. The molecule has 1 fully saturated rings. The van der Waals surface area contributed by atoms with Crippen molar-refractivity contribution in [1.82, 2.24) is 15.5 Å². The number of hydrogen-bond donors (Lipinski definition) is 3. The third-order valence-electron chi connectivity index (χ3n) is 4.57. The van der Waals surface area contributed by atoms with E-state index >= 15 is 0 Å². The van der Waals surface area contributed by atoms with Gasteiger partial charge in [-0.1, -0.05) is 6.92 Å². The molecule has 1 rings (SSSR count). The maximum Gasteiger partial charge on any atom is 0.191 e. The third-order valence-corrected chi connectivity index (χ3v) is 4.57. The molecule has 0 bridgehead atoms. The Hall–Kier alpha value is -0.120. The van der Waals surface area contributed by atoms with Gasteiger partial charge in [0.1, 0.15) is 0 Å². The second kappa shape index (κ2) is 13.1. The Morgan fingerprint density at radius 1 is 1.33 bits per heavy atom. The molecule has 1 saturated heterocycles. The number of ether oxygens (including phenoxy) is 1. The van der Waals surface area contributed by atoms with Gasteiger partial charge < -0.3 is 20.5 Å². The Kier molecular flexibility index (Phi) is 13.1. The van der Waals surface area contributed by atoms with Crippen LogP contribution in [0.2, 0.25) is 0 Å². The van der Waals surface area contributed by atoms with Crippen molar-refractivity contribution < 1.29 is 9.84 Å². The lowest BCUT2D eigenvalue weighted by atomic mass is 9.84. The first-order valence-corrected chi connectivity index (χ1v) is 9.01. The molecule has 0 aromatic rings. The van der Waals surface area contributed by atoms with Gasteiger partial charge in [-0.2, -0.15) is 0 Å². The van der Waals surface area contributed by atoms with Gasteiger partial charge in [0.2, 0.25) is 0 Å². The number of aliphatic hydroxyl groups is 1. The average molecular weight is 456 g/mol. The lowest BCUT2D eigenvalue weighted by molar-refractivity contribution is 0.131. The van der Waals surface area contributed by atoms with Crippen molar-refractivity contribution in [2.75, 3.05) is 52.5 Å². The molecule has 0 aromatic heterocycles. The first-order valence-electron chi connectivity index (χ1n) is 9.01. The number of nitrogens with one attached hydrogen (secondary N) is 2. The molecule has 1 heterocycles. The molecule has 24 heavy (non-hydrogen) atoms. The second-order valence-corrected chi connectivity index (χ2v) is 6.62. The Bertz CT molecular complexity index is 347. The van der Waals surface area contributed by atoms with Crippen LogP contribution in [0.15, 0.2) is 4.99 Å². The summed E-state index contributed by atoms with van der Waals surface area (Å²) >= 11 is 0. The number of aliphatic hydroxyl groups excluding tert-OH is 1. The van der Waals surface area contributed by atoms with Gasteiger partial charge in [0, 0.05) is 44.3 Å². The Balaban J connectivity index is 0.00000529. The van der Waals surface area contributed by atoms with Crippen molar-refractivity contribution in [3.8, 4) is 0 Å². The molecule has 144 valence electrons. The maximum absolute atomic E-state index is 9.30. The fourth-order valence-electron chi connectivity index (χ4n) is 2.98. The topological polar surface area (TPSA) is 69.1 Å². The van der Waals surface area contributed by atoms with Crippen LogP contribution in [0, 0.1) is 5.41 Å². The van der Waals surface area contributed by atoms with Crippen molar-refractivity contribution in [2.24, 2.45) is 10.4 Å². The highest BCUT2D eigenvalue weighted by Crippen LogP contribution is 2.32. The van der Waals surface area contributed by atoms with Crippen LogP contribution in [-0.4, -0.2) is 74.6 Å². The van der Waals surface area contributed by atoms with E-state index in [1.54, 1.807) is 0 Å². The maximum atomic E-state index is 9.30. The minimum absolute atomic E-state index is 0. The molecule has 6 nitrogen and oxygen atoms in total. The largest absolute Gasteiger partial charge is 0.396 e. The van der Waals surface area contributed by atoms with Gasteiger partial charge in [-0.05, 0) is 40.2 Å². The molecule has 0 aliphatic carbocycles. The quantitative estimate of drug-likeness (QED) is 0.265. The second-order valence-electron chi connectivity index (χ2n) is 6.62. The molecule has 0 amide bonds. The highest BCUT2D eigenvalue weighted by molar-refractivity contribution is 14.0. The van der Waals surface area contributed by atoms with E-state index in [0.717, 1.165) is 51.6 Å². The van der Waals surface area contributed by atoms with Crippen molar-refractivity contribution >= 4 is 29.9 Å². The number of aliphatic imine (C=N–C) groups is 1. The average Bonchev–Trinajstić information content (AvgIpc) is 2.98. The van der Waals surface area contributed by atoms with Crippen molar-refractivity contribution in [1.29, 1.82) is 0 Å². The first kappa shape index (κ1) is 23.9. The SMILES string of the molecule is CCNC(=NCC1(CCO)CCOC1)NCCN(CC)C(C)C.I. The van der Waals surface area contributed by atoms with E-state index in [1.165, 1.54) is 0 Å². The molecule has 1 aliphatic rings. The van der Waals surface area contributed by atoms with Gasteiger partial charge in [-0.15, -0.1) is 24.0 Å². The minimum atomic E-state index is 0. The Labute approximate surface area is 164 Å². The van der Waals surface area contributed by atoms with E-state index in [-0.39, 0.29) is 36.0 Å². The molecule has 0 aromatic carbocycles. The molecule has 1 atom stereocenters. The van der Waals surface area contributed by atoms with Crippen LogP contribution in [0.1, 0.15) is 40.5 Å². The summed E-state index contributed by atoms with van der Waals surface area (Å²) in [5.41, 5.74) is 0.00445. The van der Waals surface area contributed by atoms with Gasteiger partial charge >= 0.3 is 0 Å². The zero-order valence-corrected chi connectivity index (χ0v) is 18.1. The molecule has 0 radical (unpaired) electrons. The smallest absolute Gasteiger partial charge is 0.191 e. The third kappa shape index (κ3) is 8.31. The summed E-state index contributed by atoms with van der Waals surface area (Å²) in [5, 5.41) is 16.0. The van der Waals surface area contributed by atoms with E-state index in [9.17, 15) is 5.11 Å².